The van der Waals surface area contributed by atoms with E-state index in [0.717, 1.165) is 17.7 Å². The summed E-state index contributed by atoms with van der Waals surface area (Å²) in [4.78, 5) is 6.17. The zero-order chi connectivity index (χ0) is 29.5. The minimum atomic E-state index is 0.506. The summed E-state index contributed by atoms with van der Waals surface area (Å²) in [7, 11) is 2.11. The molecule has 4 aromatic rings. The van der Waals surface area contributed by atoms with Crippen LogP contribution in [0.2, 0.25) is 0 Å². The van der Waals surface area contributed by atoms with Gasteiger partial charge in [0.1, 0.15) is 0 Å². The maximum Gasteiger partial charge on any atom is 0.0758 e. The van der Waals surface area contributed by atoms with E-state index in [0.29, 0.717) is 6.04 Å². The van der Waals surface area contributed by atoms with Crippen molar-refractivity contribution in [3.63, 3.8) is 0 Å². The third-order valence-corrected chi connectivity index (χ3v) is 7.00. The van der Waals surface area contributed by atoms with Gasteiger partial charge in [-0.3, -0.25) is 0 Å². The van der Waals surface area contributed by atoms with Crippen molar-refractivity contribution >= 4 is 29.8 Å². The first-order valence-corrected chi connectivity index (χ1v) is 13.9. The van der Waals surface area contributed by atoms with E-state index >= 15 is 0 Å². The number of nitrogens with zero attached hydrogens (tertiary/aromatic N) is 2. The van der Waals surface area contributed by atoms with Crippen LogP contribution in [-0.2, 0) is 6.42 Å². The second kappa shape index (κ2) is 16.3. The molecule has 1 unspecified atom stereocenters. The molecule has 0 amide bonds. The highest BCUT2D eigenvalue weighted by Crippen LogP contribution is 2.27. The van der Waals surface area contributed by atoms with Gasteiger partial charge in [0.05, 0.1) is 11.7 Å². The molecule has 0 radical (unpaired) electrons. The Labute approximate surface area is 246 Å². The van der Waals surface area contributed by atoms with E-state index in [9.17, 15) is 0 Å². The van der Waals surface area contributed by atoms with E-state index in [2.05, 4.69) is 135 Å². The van der Waals surface area contributed by atoms with Crippen molar-refractivity contribution in [3.05, 3.63) is 167 Å². The molecule has 1 aliphatic carbocycles. The van der Waals surface area contributed by atoms with Gasteiger partial charge in [0.2, 0.25) is 0 Å². The lowest BCUT2D eigenvalue weighted by atomic mass is 9.98. The van der Waals surface area contributed by atoms with Crippen LogP contribution in [0.1, 0.15) is 51.9 Å². The van der Waals surface area contributed by atoms with Crippen LogP contribution in [0.4, 0.5) is 5.69 Å². The Morgan fingerprint density at radius 3 is 2.10 bits per heavy atom. The molecule has 0 saturated carbocycles. The molecule has 0 aromatic heterocycles. The third-order valence-electron chi connectivity index (χ3n) is 7.00. The minimum absolute atomic E-state index is 0.506. The van der Waals surface area contributed by atoms with Gasteiger partial charge in [0.15, 0.2) is 0 Å². The van der Waals surface area contributed by atoms with Crippen molar-refractivity contribution in [2.45, 2.75) is 33.2 Å². The van der Waals surface area contributed by atoms with Crippen molar-refractivity contribution < 1.29 is 0 Å². The lowest BCUT2D eigenvalue weighted by molar-refractivity contribution is 0.358. The number of aliphatic imine (C=N–C) groups is 1. The molecule has 4 aromatic carbocycles. The number of para-hydroxylation sites is 1. The molecule has 206 valence electrons. The van der Waals surface area contributed by atoms with Crippen LogP contribution in [0.15, 0.2) is 133 Å². The molecule has 1 aliphatic heterocycles. The van der Waals surface area contributed by atoms with Gasteiger partial charge in [-0.15, -0.1) is 5.73 Å². The Bertz CT molecular complexity index is 1520. The molecule has 1 heterocycles. The highest BCUT2D eigenvalue weighted by molar-refractivity contribution is 5.60. The number of aryl methyl sites for hydroxylation is 2. The summed E-state index contributed by atoms with van der Waals surface area (Å²) in [5.41, 5.74) is 12.9. The van der Waals surface area contributed by atoms with E-state index in [1.807, 2.05) is 55.5 Å². The molecule has 0 N–H and O–H groups in total. The molecule has 0 fully saturated rings. The summed E-state index contributed by atoms with van der Waals surface area (Å²) in [6, 6.07) is 33.6. The summed E-state index contributed by atoms with van der Waals surface area (Å²) in [5, 5.41) is 0. The largest absolute Gasteiger partial charge is 0.374 e. The fraction of sp³-hybridized carbons (Fsp3) is 0.154. The van der Waals surface area contributed by atoms with Crippen LogP contribution >= 0.6 is 0 Å². The van der Waals surface area contributed by atoms with Crippen molar-refractivity contribution in [3.8, 4) is 0 Å². The van der Waals surface area contributed by atoms with E-state index in [1.165, 1.54) is 33.4 Å². The van der Waals surface area contributed by atoms with E-state index in [4.69, 9.17) is 0 Å². The normalized spacial score (nSPS) is 13.3. The molecule has 2 heteroatoms. The number of hydrogen-bond acceptors (Lipinski definition) is 2. The Hall–Kier alpha value is -4.87. The van der Waals surface area contributed by atoms with Crippen LogP contribution in [0, 0.1) is 13.8 Å². The zero-order valence-corrected chi connectivity index (χ0v) is 24.7. The second-order valence-corrected chi connectivity index (χ2v) is 9.85. The third kappa shape index (κ3) is 9.38. The molecule has 2 nitrogen and oxygen atoms in total. The molecule has 0 bridgehead atoms. The van der Waals surface area contributed by atoms with E-state index < -0.39 is 0 Å². The smallest absolute Gasteiger partial charge is 0.0758 e. The van der Waals surface area contributed by atoms with Gasteiger partial charge in [0, 0.05) is 7.05 Å². The fourth-order valence-electron chi connectivity index (χ4n) is 4.42. The maximum atomic E-state index is 3.95. The van der Waals surface area contributed by atoms with Crippen LogP contribution in [0.3, 0.4) is 0 Å². The van der Waals surface area contributed by atoms with Crippen LogP contribution in [0.25, 0.3) is 18.2 Å². The van der Waals surface area contributed by atoms with Gasteiger partial charge in [-0.1, -0.05) is 110 Å². The maximum absolute atomic E-state index is 3.95. The summed E-state index contributed by atoms with van der Waals surface area (Å²) in [6.07, 6.45) is 11.7. The Balaban J connectivity index is 0.000000151. The number of benzene rings is 4. The van der Waals surface area contributed by atoms with Crippen LogP contribution in [-0.4, -0.2) is 17.8 Å². The van der Waals surface area contributed by atoms with Crippen molar-refractivity contribution in [2.24, 2.45) is 4.99 Å². The molecule has 0 spiro atoms. The van der Waals surface area contributed by atoms with E-state index in [1.54, 1.807) is 0 Å². The predicted octanol–water partition coefficient (Wildman–Crippen LogP) is 10.2. The lowest BCUT2D eigenvalue weighted by Gasteiger charge is -2.28. The summed E-state index contributed by atoms with van der Waals surface area (Å²) >= 11 is 0. The van der Waals surface area contributed by atoms with Crippen molar-refractivity contribution in [1.82, 2.24) is 4.90 Å². The first-order valence-electron chi connectivity index (χ1n) is 13.9. The zero-order valence-electron chi connectivity index (χ0n) is 24.7. The summed E-state index contributed by atoms with van der Waals surface area (Å²) in [5.74, 6) is 2.50. The Morgan fingerprint density at radius 1 is 0.780 bits per heavy atom. The molecular formula is C39H40N2. The first-order chi connectivity index (χ1) is 19.9. The highest BCUT2D eigenvalue weighted by Gasteiger charge is 2.14. The Kier molecular flexibility index (Phi) is 12.2. The number of hydrogen-bond donors (Lipinski definition) is 0. The van der Waals surface area contributed by atoms with Crippen molar-refractivity contribution in [1.29, 1.82) is 0 Å². The Morgan fingerprint density at radius 2 is 1.41 bits per heavy atom. The lowest BCUT2D eigenvalue weighted by Crippen LogP contribution is -2.19. The van der Waals surface area contributed by atoms with Gasteiger partial charge in [-0.05, 0) is 103 Å². The SMILES string of the molecule is C1=Cc2ccccc2C1.C=C=Cc1ccccc1C.C=C=Nc1ccccc1C.CC1c2ccccc2C=CN1C. The number of fused-ring (bicyclic) bond motifs is 2. The molecular weight excluding hydrogens is 496 g/mol. The van der Waals surface area contributed by atoms with Gasteiger partial charge in [-0.25, -0.2) is 4.99 Å². The van der Waals surface area contributed by atoms with Crippen LogP contribution in [0.5, 0.6) is 0 Å². The second-order valence-electron chi connectivity index (χ2n) is 9.85. The average molecular weight is 537 g/mol. The van der Waals surface area contributed by atoms with Gasteiger partial charge in [0.25, 0.3) is 0 Å². The molecule has 41 heavy (non-hydrogen) atoms. The van der Waals surface area contributed by atoms with Gasteiger partial charge in [-0.2, -0.15) is 0 Å². The van der Waals surface area contributed by atoms with Crippen LogP contribution < -0.4 is 0 Å². The van der Waals surface area contributed by atoms with E-state index in [-0.39, 0.29) is 0 Å². The molecule has 1 atom stereocenters. The molecule has 6 rings (SSSR count). The predicted molar refractivity (Wildman–Crippen MR) is 180 cm³/mol. The monoisotopic (exact) mass is 536 g/mol. The van der Waals surface area contributed by atoms with Crippen molar-refractivity contribution in [2.75, 3.05) is 7.05 Å². The first kappa shape index (κ1) is 30.7. The summed E-state index contributed by atoms with van der Waals surface area (Å²) < 4.78 is 0. The number of allylic oxidation sites excluding steroid dienone is 1. The molecule has 2 aliphatic rings. The standard InChI is InChI=1S/C11H13N.C10H10.C9H9N.C9H8/c1-9-11-6-4-3-5-10(11)7-8-12(9)2;1-3-6-10-8-5-4-7-9(10)2;1-3-10-9-7-5-4-6-8(9)2;1-2-5-9-7-3-6-8(9)4-1/h3-9H,1-2H3;4-8H,1H2,2H3;4-7H,1H2,2H3;1-6H,7H2. The quantitative estimate of drug-likeness (QED) is 0.184. The highest BCUT2D eigenvalue weighted by atomic mass is 15.1. The topological polar surface area (TPSA) is 15.6 Å². The summed E-state index contributed by atoms with van der Waals surface area (Å²) in [6.45, 7) is 13.2. The molecule has 0 saturated heterocycles. The average Bonchev–Trinajstić information content (AvgIpc) is 3.48. The van der Waals surface area contributed by atoms with Gasteiger partial charge < -0.3 is 4.90 Å². The van der Waals surface area contributed by atoms with Gasteiger partial charge >= 0.3 is 0 Å². The fourth-order valence-corrected chi connectivity index (χ4v) is 4.42. The number of rotatable bonds is 2. The minimum Gasteiger partial charge on any atom is -0.374 e.